The van der Waals surface area contributed by atoms with E-state index in [4.69, 9.17) is 4.74 Å². The minimum atomic E-state index is 0.331. The highest BCUT2D eigenvalue weighted by molar-refractivity contribution is 5.49. The largest absolute Gasteiger partial charge is 0.369 e. The Kier molecular flexibility index (Phi) is 8.68. The molecule has 1 atom stereocenters. The van der Waals surface area contributed by atoms with Crippen LogP contribution in [-0.2, 0) is 4.74 Å². The van der Waals surface area contributed by atoms with Gasteiger partial charge in [-0.3, -0.25) is 0 Å². The number of rotatable bonds is 10. The molecule has 0 aromatic rings. The lowest BCUT2D eigenvalue weighted by Crippen LogP contribution is -2.08. The normalized spacial score (nSPS) is 19.4. The van der Waals surface area contributed by atoms with Crippen LogP contribution in [0.5, 0.6) is 0 Å². The second-order valence-corrected chi connectivity index (χ2v) is 6.03. The Morgan fingerprint density at radius 2 is 1.90 bits per heavy atom. The predicted octanol–water partition coefficient (Wildman–Crippen LogP) is 6.36. The summed E-state index contributed by atoms with van der Waals surface area (Å²) in [5.74, 6) is 0. The number of unbranched alkanes of at least 4 members (excludes halogenated alkanes) is 2. The van der Waals surface area contributed by atoms with Gasteiger partial charge in [0.05, 0.1) is 12.7 Å². The fourth-order valence-electron chi connectivity index (χ4n) is 3.08. The lowest BCUT2D eigenvalue weighted by Gasteiger charge is -2.15. The number of allylic oxidation sites excluding steroid dienone is 2. The molecule has 0 aromatic carbocycles. The molecule has 1 unspecified atom stereocenters. The van der Waals surface area contributed by atoms with Gasteiger partial charge in [0.25, 0.3) is 0 Å². The Bertz CT molecular complexity index is 387. The minimum Gasteiger partial charge on any atom is -0.369 e. The smallest absolute Gasteiger partial charge is 0.0793 e. The quantitative estimate of drug-likeness (QED) is 0.425. The Morgan fingerprint density at radius 3 is 2.48 bits per heavy atom. The molecule has 0 N–H and O–H groups in total. The molecule has 0 spiro atoms. The van der Waals surface area contributed by atoms with Gasteiger partial charge in [0.2, 0.25) is 0 Å². The molecule has 1 rings (SSSR count). The van der Waals surface area contributed by atoms with E-state index in [0.29, 0.717) is 6.10 Å². The van der Waals surface area contributed by atoms with E-state index in [1.54, 1.807) is 0 Å². The molecule has 0 fully saturated rings. The van der Waals surface area contributed by atoms with Crippen molar-refractivity contribution in [2.45, 2.75) is 85.2 Å². The third kappa shape index (κ3) is 5.14. The Morgan fingerprint density at radius 1 is 1.19 bits per heavy atom. The Hall–Kier alpha value is -0.820. The molecule has 1 heterocycles. The van der Waals surface area contributed by atoms with Crippen LogP contribution in [0.4, 0.5) is 0 Å². The van der Waals surface area contributed by atoms with Gasteiger partial charge in [-0.1, -0.05) is 53.2 Å². The maximum Gasteiger partial charge on any atom is 0.0793 e. The monoisotopic (exact) mass is 290 g/mol. The first kappa shape index (κ1) is 18.2. The van der Waals surface area contributed by atoms with Crippen LogP contribution >= 0.6 is 0 Å². The SMILES string of the molecule is C=C(C1=C(CCCC)C(CC)OC1)/C(=C/CC)CCCC. The summed E-state index contributed by atoms with van der Waals surface area (Å²) in [7, 11) is 0. The molecule has 1 nitrogen and oxygen atoms in total. The number of hydrogen-bond donors (Lipinski definition) is 0. The van der Waals surface area contributed by atoms with Gasteiger partial charge in [-0.15, -0.1) is 0 Å². The van der Waals surface area contributed by atoms with Gasteiger partial charge in [-0.05, 0) is 60.8 Å². The number of hydrogen-bond acceptors (Lipinski definition) is 1. The zero-order valence-corrected chi connectivity index (χ0v) is 14.6. The fourth-order valence-corrected chi connectivity index (χ4v) is 3.08. The zero-order valence-electron chi connectivity index (χ0n) is 14.6. The van der Waals surface area contributed by atoms with Crippen molar-refractivity contribution in [1.29, 1.82) is 0 Å². The van der Waals surface area contributed by atoms with E-state index in [2.05, 4.69) is 40.3 Å². The maximum absolute atomic E-state index is 6.02. The van der Waals surface area contributed by atoms with Gasteiger partial charge in [0.15, 0.2) is 0 Å². The first-order valence-corrected chi connectivity index (χ1v) is 8.91. The topological polar surface area (TPSA) is 9.23 Å². The highest BCUT2D eigenvalue weighted by Gasteiger charge is 2.26. The summed E-state index contributed by atoms with van der Waals surface area (Å²) in [5, 5.41) is 0. The van der Waals surface area contributed by atoms with Crippen molar-refractivity contribution >= 4 is 0 Å². The predicted molar refractivity (Wildman–Crippen MR) is 93.6 cm³/mol. The van der Waals surface area contributed by atoms with Gasteiger partial charge in [-0.2, -0.15) is 0 Å². The molecule has 1 aliphatic heterocycles. The van der Waals surface area contributed by atoms with Crippen LogP contribution in [0.3, 0.4) is 0 Å². The summed E-state index contributed by atoms with van der Waals surface area (Å²) < 4.78 is 6.02. The van der Waals surface area contributed by atoms with Crippen molar-refractivity contribution in [3.63, 3.8) is 0 Å². The standard InChI is InChI=1S/C20H34O/c1-6-10-13-17(12-8-3)16(5)19-15-21-20(9-4)18(19)14-11-7-2/h12,20H,5-11,13-15H2,1-4H3/b17-12+. The highest BCUT2D eigenvalue weighted by atomic mass is 16.5. The Labute approximate surface area is 132 Å². The zero-order chi connectivity index (χ0) is 15.7. The second-order valence-electron chi connectivity index (χ2n) is 6.03. The van der Waals surface area contributed by atoms with Crippen molar-refractivity contribution in [1.82, 2.24) is 0 Å². The van der Waals surface area contributed by atoms with Crippen LogP contribution in [0.25, 0.3) is 0 Å². The fraction of sp³-hybridized carbons (Fsp3) is 0.700. The highest BCUT2D eigenvalue weighted by Crippen LogP contribution is 2.35. The molecular weight excluding hydrogens is 256 g/mol. The van der Waals surface area contributed by atoms with Gasteiger partial charge >= 0.3 is 0 Å². The maximum atomic E-state index is 6.02. The third-order valence-electron chi connectivity index (χ3n) is 4.38. The van der Waals surface area contributed by atoms with Crippen LogP contribution in [0.15, 0.2) is 34.9 Å². The molecule has 0 saturated heterocycles. The molecule has 1 aliphatic rings. The molecule has 0 radical (unpaired) electrons. The van der Waals surface area contributed by atoms with Crippen molar-refractivity contribution in [3.8, 4) is 0 Å². The van der Waals surface area contributed by atoms with Gasteiger partial charge in [0, 0.05) is 0 Å². The van der Waals surface area contributed by atoms with Crippen molar-refractivity contribution in [2.75, 3.05) is 6.61 Å². The molecule has 21 heavy (non-hydrogen) atoms. The summed E-state index contributed by atoms with van der Waals surface area (Å²) in [6, 6.07) is 0. The van der Waals surface area contributed by atoms with Crippen molar-refractivity contribution in [2.24, 2.45) is 0 Å². The summed E-state index contributed by atoms with van der Waals surface area (Å²) in [6.07, 6.45) is 12.2. The second kappa shape index (κ2) is 10.00. The molecule has 120 valence electrons. The van der Waals surface area contributed by atoms with Gasteiger partial charge < -0.3 is 4.74 Å². The molecule has 0 amide bonds. The summed E-state index contributed by atoms with van der Waals surface area (Å²) >= 11 is 0. The molecule has 1 heteroatoms. The summed E-state index contributed by atoms with van der Waals surface area (Å²) in [6.45, 7) is 14.1. The molecule has 0 aliphatic carbocycles. The third-order valence-corrected chi connectivity index (χ3v) is 4.38. The van der Waals surface area contributed by atoms with E-state index in [-0.39, 0.29) is 0 Å². The van der Waals surface area contributed by atoms with E-state index < -0.39 is 0 Å². The average molecular weight is 290 g/mol. The molecule has 0 bridgehead atoms. The molecular formula is C20H34O. The van der Waals surface area contributed by atoms with Crippen molar-refractivity contribution < 1.29 is 4.74 Å². The van der Waals surface area contributed by atoms with E-state index in [1.807, 2.05) is 0 Å². The lowest BCUT2D eigenvalue weighted by atomic mass is 9.89. The average Bonchev–Trinajstić information content (AvgIpc) is 2.91. The Balaban J connectivity index is 2.95. The number of ether oxygens (including phenoxy) is 1. The van der Waals surface area contributed by atoms with Crippen LogP contribution < -0.4 is 0 Å². The van der Waals surface area contributed by atoms with Crippen molar-refractivity contribution in [3.05, 3.63) is 34.9 Å². The first-order chi connectivity index (χ1) is 10.2. The van der Waals surface area contributed by atoms with Crippen LogP contribution in [0.2, 0.25) is 0 Å². The summed E-state index contributed by atoms with van der Waals surface area (Å²) in [5.41, 5.74) is 5.64. The van der Waals surface area contributed by atoms with E-state index in [1.165, 1.54) is 54.4 Å². The van der Waals surface area contributed by atoms with Crippen LogP contribution in [-0.4, -0.2) is 12.7 Å². The van der Waals surface area contributed by atoms with E-state index >= 15 is 0 Å². The van der Waals surface area contributed by atoms with E-state index in [9.17, 15) is 0 Å². The summed E-state index contributed by atoms with van der Waals surface area (Å²) in [4.78, 5) is 0. The minimum absolute atomic E-state index is 0.331. The first-order valence-electron chi connectivity index (χ1n) is 8.91. The van der Waals surface area contributed by atoms with Crippen LogP contribution in [0.1, 0.15) is 79.1 Å². The van der Waals surface area contributed by atoms with Crippen LogP contribution in [0, 0.1) is 0 Å². The molecule has 0 saturated carbocycles. The van der Waals surface area contributed by atoms with Gasteiger partial charge in [0.1, 0.15) is 0 Å². The van der Waals surface area contributed by atoms with E-state index in [0.717, 1.165) is 25.9 Å². The van der Waals surface area contributed by atoms with Gasteiger partial charge in [-0.25, -0.2) is 0 Å². The lowest BCUT2D eigenvalue weighted by molar-refractivity contribution is 0.115. The molecule has 0 aromatic heterocycles.